The van der Waals surface area contributed by atoms with E-state index in [9.17, 15) is 0 Å². The Labute approximate surface area is 169 Å². The summed E-state index contributed by atoms with van der Waals surface area (Å²) in [7, 11) is 1.81. The highest BCUT2D eigenvalue weighted by Gasteiger charge is 2.27. The average molecular weight is 460 g/mol. The summed E-state index contributed by atoms with van der Waals surface area (Å²) in [6.45, 7) is 10.2. The maximum atomic E-state index is 5.94. The topological polar surface area (TPSA) is 48.9 Å². The van der Waals surface area contributed by atoms with Gasteiger partial charge in [0.05, 0.1) is 6.54 Å². The Hall–Kier alpha value is -1.02. The number of hydrogen-bond donors (Lipinski definition) is 2. The van der Waals surface area contributed by atoms with Gasteiger partial charge in [0.15, 0.2) is 5.96 Å². The molecule has 1 fully saturated rings. The number of aliphatic imine (C=N–C) groups is 1. The van der Waals surface area contributed by atoms with Crippen molar-refractivity contribution in [2.45, 2.75) is 45.8 Å². The number of nitrogens with zero attached hydrogens (tertiary/aromatic N) is 2. The Bertz CT molecular complexity index is 534. The Morgan fingerprint density at radius 2 is 2.12 bits per heavy atom. The number of hydrogen-bond acceptors (Lipinski definition) is 3. The maximum Gasteiger partial charge on any atom is 0.191 e. The molecule has 0 heterocycles. The van der Waals surface area contributed by atoms with E-state index in [1.54, 1.807) is 7.05 Å². The molecule has 1 aromatic carbocycles. The largest absolute Gasteiger partial charge is 0.489 e. The quantitative estimate of drug-likeness (QED) is 0.338. The summed E-state index contributed by atoms with van der Waals surface area (Å²) < 4.78 is 5.94. The van der Waals surface area contributed by atoms with Crippen molar-refractivity contribution < 1.29 is 4.74 Å². The molecule has 0 aromatic heterocycles. The highest BCUT2D eigenvalue weighted by Crippen LogP contribution is 2.25. The van der Waals surface area contributed by atoms with E-state index >= 15 is 0 Å². The van der Waals surface area contributed by atoms with Gasteiger partial charge in [0.2, 0.25) is 0 Å². The van der Waals surface area contributed by atoms with Crippen molar-refractivity contribution in [3.05, 3.63) is 29.8 Å². The Morgan fingerprint density at radius 3 is 2.72 bits per heavy atom. The second-order valence-corrected chi connectivity index (χ2v) is 6.48. The van der Waals surface area contributed by atoms with Crippen LogP contribution in [0.2, 0.25) is 0 Å². The number of rotatable bonds is 9. The van der Waals surface area contributed by atoms with E-state index in [2.05, 4.69) is 53.4 Å². The normalized spacial score (nSPS) is 15.5. The first-order chi connectivity index (χ1) is 11.6. The Kier molecular flexibility index (Phi) is 10.2. The fourth-order valence-electron chi connectivity index (χ4n) is 2.78. The fourth-order valence-corrected chi connectivity index (χ4v) is 2.78. The number of aryl methyl sites for hydroxylation is 1. The van der Waals surface area contributed by atoms with Crippen LogP contribution in [-0.2, 0) is 0 Å². The first-order valence-corrected chi connectivity index (χ1v) is 9.04. The number of halogens is 1. The molecule has 1 saturated carbocycles. The lowest BCUT2D eigenvalue weighted by molar-refractivity contribution is 0.223. The molecule has 0 bridgehead atoms. The monoisotopic (exact) mass is 460 g/mol. The van der Waals surface area contributed by atoms with Crippen molar-refractivity contribution in [3.63, 3.8) is 0 Å². The molecule has 6 heteroatoms. The van der Waals surface area contributed by atoms with Crippen molar-refractivity contribution >= 4 is 29.9 Å². The smallest absolute Gasteiger partial charge is 0.191 e. The molecule has 0 spiro atoms. The highest BCUT2D eigenvalue weighted by molar-refractivity contribution is 14.0. The molecule has 142 valence electrons. The van der Waals surface area contributed by atoms with Crippen molar-refractivity contribution in [3.8, 4) is 5.75 Å². The maximum absolute atomic E-state index is 5.94. The second-order valence-electron chi connectivity index (χ2n) is 6.48. The van der Waals surface area contributed by atoms with Gasteiger partial charge in [-0.05, 0) is 50.9 Å². The van der Waals surface area contributed by atoms with Crippen molar-refractivity contribution in [1.29, 1.82) is 0 Å². The zero-order valence-corrected chi connectivity index (χ0v) is 18.2. The summed E-state index contributed by atoms with van der Waals surface area (Å²) in [6.07, 6.45) is 2.78. The Balaban J connectivity index is 0.00000312. The van der Waals surface area contributed by atoms with Crippen LogP contribution >= 0.6 is 24.0 Å². The predicted molar refractivity (Wildman–Crippen MR) is 116 cm³/mol. The van der Waals surface area contributed by atoms with Crippen LogP contribution in [0, 0.1) is 6.92 Å². The van der Waals surface area contributed by atoms with Crippen LogP contribution in [0.5, 0.6) is 5.75 Å². The number of guanidine groups is 1. The number of ether oxygens (including phenoxy) is 1. The molecule has 1 aliphatic carbocycles. The zero-order chi connectivity index (χ0) is 17.4. The SMILES string of the molecule is CCN(CCNC(=NC)NCC(C)Oc1cccc(C)c1)C1CC1.I. The first-order valence-electron chi connectivity index (χ1n) is 9.04. The van der Waals surface area contributed by atoms with Gasteiger partial charge in [-0.25, -0.2) is 0 Å². The minimum Gasteiger partial charge on any atom is -0.489 e. The molecule has 1 atom stereocenters. The van der Waals surface area contributed by atoms with Crippen molar-refractivity contribution in [1.82, 2.24) is 15.5 Å². The Morgan fingerprint density at radius 1 is 1.36 bits per heavy atom. The summed E-state index contributed by atoms with van der Waals surface area (Å²) in [5, 5.41) is 6.72. The minimum absolute atomic E-state index is 0. The highest BCUT2D eigenvalue weighted by atomic mass is 127. The summed E-state index contributed by atoms with van der Waals surface area (Å²) in [6, 6.07) is 8.96. The van der Waals surface area contributed by atoms with Gasteiger partial charge in [-0.15, -0.1) is 24.0 Å². The molecule has 0 aliphatic heterocycles. The molecule has 0 radical (unpaired) electrons. The molecule has 0 amide bonds. The van der Waals surface area contributed by atoms with Crippen LogP contribution in [0.4, 0.5) is 0 Å². The molecular formula is C19H33IN4O. The lowest BCUT2D eigenvalue weighted by Gasteiger charge is -2.21. The van der Waals surface area contributed by atoms with E-state index in [0.717, 1.165) is 37.4 Å². The minimum atomic E-state index is 0. The third kappa shape index (κ3) is 8.27. The lowest BCUT2D eigenvalue weighted by Crippen LogP contribution is -2.44. The van der Waals surface area contributed by atoms with Gasteiger partial charge in [0.25, 0.3) is 0 Å². The summed E-state index contributed by atoms with van der Waals surface area (Å²) >= 11 is 0. The van der Waals surface area contributed by atoms with Gasteiger partial charge < -0.3 is 15.4 Å². The number of nitrogens with one attached hydrogen (secondary N) is 2. The van der Waals surface area contributed by atoms with E-state index in [1.165, 1.54) is 18.4 Å². The van der Waals surface area contributed by atoms with Gasteiger partial charge in [-0.3, -0.25) is 9.89 Å². The first kappa shape index (κ1) is 22.0. The second kappa shape index (κ2) is 11.6. The molecule has 2 rings (SSSR count). The fraction of sp³-hybridized carbons (Fsp3) is 0.632. The standard InChI is InChI=1S/C19H32N4O.HI/c1-5-23(17-9-10-17)12-11-21-19(20-4)22-14-16(3)24-18-8-6-7-15(2)13-18;/h6-8,13,16-17H,5,9-12,14H2,1-4H3,(H2,20,21,22);1H. The van der Waals surface area contributed by atoms with Gasteiger partial charge in [0.1, 0.15) is 11.9 Å². The van der Waals surface area contributed by atoms with E-state index in [4.69, 9.17) is 4.74 Å². The third-order valence-corrected chi connectivity index (χ3v) is 4.27. The van der Waals surface area contributed by atoms with Gasteiger partial charge >= 0.3 is 0 Å². The van der Waals surface area contributed by atoms with E-state index in [-0.39, 0.29) is 30.1 Å². The molecular weight excluding hydrogens is 427 g/mol. The van der Waals surface area contributed by atoms with Crippen LogP contribution < -0.4 is 15.4 Å². The van der Waals surface area contributed by atoms with E-state index in [1.807, 2.05) is 12.1 Å². The number of likely N-dealkylation sites (N-methyl/N-ethyl adjacent to an activating group) is 1. The molecule has 0 saturated heterocycles. The van der Waals surface area contributed by atoms with Crippen LogP contribution in [0.15, 0.2) is 29.3 Å². The average Bonchev–Trinajstić information content (AvgIpc) is 3.39. The zero-order valence-electron chi connectivity index (χ0n) is 15.9. The van der Waals surface area contributed by atoms with Gasteiger partial charge in [-0.2, -0.15) is 0 Å². The van der Waals surface area contributed by atoms with Gasteiger partial charge in [-0.1, -0.05) is 19.1 Å². The molecule has 25 heavy (non-hydrogen) atoms. The van der Waals surface area contributed by atoms with Crippen LogP contribution in [-0.4, -0.2) is 56.2 Å². The molecule has 1 aliphatic rings. The van der Waals surface area contributed by atoms with Crippen molar-refractivity contribution in [2.24, 2.45) is 4.99 Å². The van der Waals surface area contributed by atoms with Crippen molar-refractivity contribution in [2.75, 3.05) is 33.2 Å². The van der Waals surface area contributed by atoms with Crippen LogP contribution in [0.3, 0.4) is 0 Å². The molecule has 1 unspecified atom stereocenters. The molecule has 2 N–H and O–H groups in total. The van der Waals surface area contributed by atoms with Gasteiger partial charge in [0, 0.05) is 26.2 Å². The predicted octanol–water partition coefficient (Wildman–Crippen LogP) is 3.03. The summed E-state index contributed by atoms with van der Waals surface area (Å²) in [4.78, 5) is 6.82. The van der Waals surface area contributed by atoms with E-state index < -0.39 is 0 Å². The number of benzene rings is 1. The molecule has 1 aromatic rings. The van der Waals surface area contributed by atoms with E-state index in [0.29, 0.717) is 6.54 Å². The van der Waals surface area contributed by atoms with Crippen LogP contribution in [0.1, 0.15) is 32.3 Å². The third-order valence-electron chi connectivity index (χ3n) is 4.27. The van der Waals surface area contributed by atoms with Crippen LogP contribution in [0.25, 0.3) is 0 Å². The summed E-state index contributed by atoms with van der Waals surface area (Å²) in [5.41, 5.74) is 1.21. The summed E-state index contributed by atoms with van der Waals surface area (Å²) in [5.74, 6) is 1.75. The molecule has 5 nitrogen and oxygen atoms in total. The lowest BCUT2D eigenvalue weighted by atomic mass is 10.2.